The minimum absolute atomic E-state index is 0. The van der Waals surface area contributed by atoms with Crippen LogP contribution in [0.4, 0.5) is 5.69 Å². The number of rotatable bonds is 4. The summed E-state index contributed by atoms with van der Waals surface area (Å²) >= 11 is 3.32. The quantitative estimate of drug-likeness (QED) is 0.328. The summed E-state index contributed by atoms with van der Waals surface area (Å²) in [6, 6.07) is 9.41. The van der Waals surface area contributed by atoms with Crippen molar-refractivity contribution in [3.8, 4) is 0 Å². The minimum atomic E-state index is -0.511. The summed E-state index contributed by atoms with van der Waals surface area (Å²) in [5, 5.41) is 10.7. The van der Waals surface area contributed by atoms with E-state index in [2.05, 4.69) is 15.9 Å². The molecule has 0 atom stereocenters. The molecule has 2 aromatic rings. The summed E-state index contributed by atoms with van der Waals surface area (Å²) in [5.74, 6) is -0.174. The SMILES string of the molecule is Br.O.O=C(C[n+]1cccc(Br)c1)c1cccc([N+](=O)[O-])c1. The molecular weight excluding hydrogens is 408 g/mol. The number of benzene rings is 1. The number of hydrogen-bond donors (Lipinski definition) is 0. The highest BCUT2D eigenvalue weighted by atomic mass is 79.9. The minimum Gasteiger partial charge on any atom is -0.412 e. The molecule has 0 bridgehead atoms. The van der Waals surface area contributed by atoms with E-state index in [9.17, 15) is 14.9 Å². The van der Waals surface area contributed by atoms with Crippen molar-refractivity contribution in [2.24, 2.45) is 0 Å². The fourth-order valence-electron chi connectivity index (χ4n) is 1.64. The van der Waals surface area contributed by atoms with Crippen LogP contribution in [0.5, 0.6) is 0 Å². The molecule has 1 heterocycles. The topological polar surface area (TPSA) is 95.6 Å². The van der Waals surface area contributed by atoms with E-state index in [-0.39, 0.29) is 40.5 Å². The van der Waals surface area contributed by atoms with Crippen LogP contribution in [0.15, 0.2) is 53.3 Å². The Morgan fingerprint density at radius 1 is 1.29 bits per heavy atom. The molecule has 0 saturated heterocycles. The average Bonchev–Trinajstić information content (AvgIpc) is 2.39. The van der Waals surface area contributed by atoms with Gasteiger partial charge in [0.2, 0.25) is 12.3 Å². The number of Topliss-reactive ketones (excluding diaryl/α,β-unsaturated/α-hetero) is 1. The van der Waals surface area contributed by atoms with Gasteiger partial charge < -0.3 is 5.48 Å². The van der Waals surface area contributed by atoms with E-state index < -0.39 is 4.92 Å². The summed E-state index contributed by atoms with van der Waals surface area (Å²) in [4.78, 5) is 22.2. The molecule has 0 radical (unpaired) electrons. The van der Waals surface area contributed by atoms with Gasteiger partial charge in [0.15, 0.2) is 12.4 Å². The van der Waals surface area contributed by atoms with Gasteiger partial charge in [-0.25, -0.2) is 0 Å². The highest BCUT2D eigenvalue weighted by Crippen LogP contribution is 2.13. The molecular formula is C13H13Br2N2O4+. The van der Waals surface area contributed by atoms with Crippen molar-refractivity contribution in [3.63, 3.8) is 0 Å². The van der Waals surface area contributed by atoms with Crippen LogP contribution in [-0.2, 0) is 6.54 Å². The molecule has 0 aliphatic heterocycles. The third kappa shape index (κ3) is 5.33. The molecule has 2 N–H and O–H groups in total. The lowest BCUT2D eigenvalue weighted by atomic mass is 10.1. The maximum absolute atomic E-state index is 12.0. The summed E-state index contributed by atoms with van der Waals surface area (Å²) in [7, 11) is 0. The summed E-state index contributed by atoms with van der Waals surface area (Å²) in [6.07, 6.45) is 3.54. The van der Waals surface area contributed by atoms with Crippen molar-refractivity contribution in [3.05, 3.63) is 68.9 Å². The first kappa shape index (κ1) is 19.4. The second-order valence-electron chi connectivity index (χ2n) is 3.93. The molecule has 0 aliphatic carbocycles. The molecule has 0 unspecified atom stereocenters. The number of nitro benzene ring substituents is 1. The van der Waals surface area contributed by atoms with Crippen molar-refractivity contribution in [2.45, 2.75) is 6.54 Å². The van der Waals surface area contributed by atoms with Crippen molar-refractivity contribution in [1.29, 1.82) is 0 Å². The van der Waals surface area contributed by atoms with Crippen LogP contribution in [0.1, 0.15) is 10.4 Å². The molecule has 112 valence electrons. The van der Waals surface area contributed by atoms with Crippen LogP contribution in [0.3, 0.4) is 0 Å². The van der Waals surface area contributed by atoms with E-state index in [4.69, 9.17) is 0 Å². The summed E-state index contributed by atoms with van der Waals surface area (Å²) in [5.41, 5.74) is 0.256. The number of pyridine rings is 1. The number of non-ortho nitro benzene ring substituents is 1. The van der Waals surface area contributed by atoms with Crippen LogP contribution in [0, 0.1) is 10.1 Å². The standard InChI is InChI=1S/C13H10BrN2O3.BrH.H2O/c14-11-4-2-6-15(8-11)9-13(17)10-3-1-5-12(7-10)16(18)19;;/h1-8H,9H2;1H;1H2/q+1;;. The lowest BCUT2D eigenvalue weighted by molar-refractivity contribution is -0.683. The number of aromatic nitrogens is 1. The Morgan fingerprint density at radius 3 is 2.62 bits per heavy atom. The number of nitro groups is 1. The van der Waals surface area contributed by atoms with Crippen molar-refractivity contribution in [2.75, 3.05) is 0 Å². The van der Waals surface area contributed by atoms with Gasteiger partial charge in [-0.15, -0.1) is 17.0 Å². The third-order valence-electron chi connectivity index (χ3n) is 2.53. The predicted molar refractivity (Wildman–Crippen MR) is 85.7 cm³/mol. The molecule has 0 fully saturated rings. The molecule has 1 aromatic carbocycles. The number of hydrogen-bond acceptors (Lipinski definition) is 3. The monoisotopic (exact) mass is 419 g/mol. The zero-order chi connectivity index (χ0) is 13.8. The van der Waals surface area contributed by atoms with Gasteiger partial charge in [-0.2, -0.15) is 4.57 Å². The number of nitrogens with zero attached hydrogens (tertiary/aromatic N) is 2. The van der Waals surface area contributed by atoms with Gasteiger partial charge in [0, 0.05) is 23.8 Å². The second-order valence-corrected chi connectivity index (χ2v) is 4.84. The Labute approximate surface area is 139 Å². The van der Waals surface area contributed by atoms with E-state index >= 15 is 0 Å². The van der Waals surface area contributed by atoms with Crippen molar-refractivity contribution >= 4 is 44.4 Å². The number of carbonyl (C=O) groups excluding carboxylic acids is 1. The number of ketones is 1. The van der Waals surface area contributed by atoms with E-state index in [0.717, 1.165) is 4.47 Å². The zero-order valence-corrected chi connectivity index (χ0v) is 14.0. The maximum Gasteiger partial charge on any atom is 0.270 e. The Hall–Kier alpha value is -1.64. The molecule has 1 aromatic heterocycles. The highest BCUT2D eigenvalue weighted by molar-refractivity contribution is 9.10. The third-order valence-corrected chi connectivity index (χ3v) is 3.00. The maximum atomic E-state index is 12.0. The molecule has 21 heavy (non-hydrogen) atoms. The van der Waals surface area contributed by atoms with Crippen LogP contribution in [0.2, 0.25) is 0 Å². The fraction of sp³-hybridized carbons (Fsp3) is 0.0769. The fourth-order valence-corrected chi connectivity index (χ4v) is 2.05. The zero-order valence-electron chi connectivity index (χ0n) is 10.7. The molecule has 6 nitrogen and oxygen atoms in total. The van der Waals surface area contributed by atoms with Crippen LogP contribution in [-0.4, -0.2) is 16.2 Å². The van der Waals surface area contributed by atoms with E-state index in [1.54, 1.807) is 23.0 Å². The molecule has 0 amide bonds. The van der Waals surface area contributed by atoms with Gasteiger partial charge in [0.25, 0.3) is 5.69 Å². The number of halogens is 2. The van der Waals surface area contributed by atoms with Gasteiger partial charge in [0.05, 0.1) is 9.40 Å². The van der Waals surface area contributed by atoms with Crippen molar-refractivity contribution < 1.29 is 19.8 Å². The second kappa shape index (κ2) is 8.60. The smallest absolute Gasteiger partial charge is 0.270 e. The normalized spacial score (nSPS) is 9.19. The van der Waals surface area contributed by atoms with E-state index in [0.29, 0.717) is 5.56 Å². The lowest BCUT2D eigenvalue weighted by Crippen LogP contribution is -2.37. The molecule has 0 saturated carbocycles. The highest BCUT2D eigenvalue weighted by Gasteiger charge is 2.15. The molecule has 2 rings (SSSR count). The Balaban J connectivity index is 0.00000200. The Bertz CT molecular complexity index is 650. The molecule has 0 spiro atoms. The van der Waals surface area contributed by atoms with Gasteiger partial charge >= 0.3 is 0 Å². The van der Waals surface area contributed by atoms with E-state index in [1.807, 2.05) is 12.1 Å². The summed E-state index contributed by atoms with van der Waals surface area (Å²) < 4.78 is 2.58. The molecule has 0 aliphatic rings. The van der Waals surface area contributed by atoms with Gasteiger partial charge in [-0.1, -0.05) is 12.1 Å². The Kier molecular flexibility index (Phi) is 7.93. The predicted octanol–water partition coefficient (Wildman–Crippen LogP) is 2.28. The average molecular weight is 421 g/mol. The van der Waals surface area contributed by atoms with E-state index in [1.165, 1.54) is 18.2 Å². The first-order valence-electron chi connectivity index (χ1n) is 5.48. The summed E-state index contributed by atoms with van der Waals surface area (Å²) in [6.45, 7) is 0.139. The van der Waals surface area contributed by atoms with Crippen LogP contribution < -0.4 is 4.57 Å². The van der Waals surface area contributed by atoms with Gasteiger partial charge in [-0.05, 0) is 22.0 Å². The number of carbonyl (C=O) groups is 1. The Morgan fingerprint density at radius 2 is 2.00 bits per heavy atom. The first-order valence-corrected chi connectivity index (χ1v) is 6.28. The van der Waals surface area contributed by atoms with Gasteiger partial charge in [0.1, 0.15) is 0 Å². The van der Waals surface area contributed by atoms with Crippen LogP contribution >= 0.6 is 32.9 Å². The lowest BCUT2D eigenvalue weighted by Gasteiger charge is -1.99. The van der Waals surface area contributed by atoms with Gasteiger partial charge in [-0.3, -0.25) is 14.9 Å². The first-order chi connectivity index (χ1) is 9.06. The van der Waals surface area contributed by atoms with Crippen LogP contribution in [0.25, 0.3) is 0 Å². The largest absolute Gasteiger partial charge is 0.412 e. The van der Waals surface area contributed by atoms with Crippen molar-refractivity contribution in [1.82, 2.24) is 0 Å². The molecule has 8 heteroatoms.